The SMILES string of the molecule is N#CCCCS(=O)(=O)c1ccc(C(=O)N2CCC(Nc3ccccc3)CC2)cc1. The van der Waals surface area contributed by atoms with Gasteiger partial charge in [0.15, 0.2) is 9.84 Å². The molecule has 0 aromatic heterocycles. The Labute approximate surface area is 172 Å². The van der Waals surface area contributed by atoms with Crippen molar-refractivity contribution >= 4 is 21.4 Å². The van der Waals surface area contributed by atoms with Crippen molar-refractivity contribution < 1.29 is 13.2 Å². The number of likely N-dealkylation sites (tertiary alicyclic amines) is 1. The van der Waals surface area contributed by atoms with E-state index in [1.807, 2.05) is 41.3 Å². The number of hydrogen-bond acceptors (Lipinski definition) is 5. The van der Waals surface area contributed by atoms with Crippen LogP contribution < -0.4 is 5.32 Å². The van der Waals surface area contributed by atoms with E-state index in [4.69, 9.17) is 5.26 Å². The van der Waals surface area contributed by atoms with Gasteiger partial charge in [0, 0.05) is 36.8 Å². The fourth-order valence-corrected chi connectivity index (χ4v) is 4.75. The number of rotatable bonds is 7. The van der Waals surface area contributed by atoms with Crippen LogP contribution in [0.4, 0.5) is 5.69 Å². The van der Waals surface area contributed by atoms with Gasteiger partial charge in [0.25, 0.3) is 5.91 Å². The molecule has 0 bridgehead atoms. The number of benzene rings is 2. The summed E-state index contributed by atoms with van der Waals surface area (Å²) in [4.78, 5) is 14.8. The van der Waals surface area contributed by atoms with E-state index in [1.165, 1.54) is 12.1 Å². The normalized spacial score (nSPS) is 14.9. The minimum absolute atomic E-state index is 0.0597. The highest BCUT2D eigenvalue weighted by atomic mass is 32.2. The standard InChI is InChI=1S/C22H25N3O3S/c23-14-4-5-17-29(27,28)21-10-8-18(9-11-21)22(26)25-15-12-20(13-16-25)24-19-6-2-1-3-7-19/h1-3,6-11,20,24H,4-5,12-13,15-17H2. The van der Waals surface area contributed by atoms with Crippen LogP contribution in [0.3, 0.4) is 0 Å². The van der Waals surface area contributed by atoms with Crippen LogP contribution in [0.2, 0.25) is 0 Å². The van der Waals surface area contributed by atoms with Gasteiger partial charge in [-0.25, -0.2) is 8.42 Å². The van der Waals surface area contributed by atoms with Crippen molar-refractivity contribution in [2.45, 2.75) is 36.6 Å². The monoisotopic (exact) mass is 411 g/mol. The molecule has 1 saturated heterocycles. The molecule has 1 fully saturated rings. The maximum atomic E-state index is 12.8. The number of nitrogens with zero attached hydrogens (tertiary/aromatic N) is 2. The number of piperidine rings is 1. The Hall–Kier alpha value is -2.85. The van der Waals surface area contributed by atoms with Crippen molar-refractivity contribution in [3.8, 4) is 6.07 Å². The molecule has 2 aromatic carbocycles. The highest BCUT2D eigenvalue weighted by Crippen LogP contribution is 2.20. The average Bonchev–Trinajstić information content (AvgIpc) is 2.75. The van der Waals surface area contributed by atoms with Gasteiger partial charge in [-0.3, -0.25) is 4.79 Å². The molecule has 0 aliphatic carbocycles. The molecular formula is C22H25N3O3S. The van der Waals surface area contributed by atoms with E-state index >= 15 is 0 Å². The van der Waals surface area contributed by atoms with E-state index in [9.17, 15) is 13.2 Å². The summed E-state index contributed by atoms with van der Waals surface area (Å²) < 4.78 is 24.5. The van der Waals surface area contributed by atoms with E-state index in [0.29, 0.717) is 31.1 Å². The number of nitrogens with one attached hydrogen (secondary N) is 1. The zero-order valence-corrected chi connectivity index (χ0v) is 17.1. The van der Waals surface area contributed by atoms with Crippen LogP contribution in [0.1, 0.15) is 36.0 Å². The van der Waals surface area contributed by atoms with Gasteiger partial charge < -0.3 is 10.2 Å². The molecule has 0 unspecified atom stereocenters. The lowest BCUT2D eigenvalue weighted by atomic mass is 10.0. The first-order valence-corrected chi connectivity index (χ1v) is 11.5. The zero-order chi connectivity index (χ0) is 20.7. The Morgan fingerprint density at radius 2 is 1.72 bits per heavy atom. The lowest BCUT2D eigenvalue weighted by Crippen LogP contribution is -2.42. The molecule has 152 valence electrons. The number of carbonyl (C=O) groups is 1. The van der Waals surface area contributed by atoms with Crippen LogP contribution in [0, 0.1) is 11.3 Å². The van der Waals surface area contributed by atoms with Crippen LogP contribution in [-0.2, 0) is 9.84 Å². The number of para-hydroxylation sites is 1. The summed E-state index contributed by atoms with van der Waals surface area (Å²) in [5.41, 5.74) is 1.58. The Morgan fingerprint density at radius 3 is 2.34 bits per heavy atom. The summed E-state index contributed by atoms with van der Waals surface area (Å²) in [5.74, 6) is -0.132. The van der Waals surface area contributed by atoms with Crippen molar-refractivity contribution in [1.29, 1.82) is 5.26 Å². The molecule has 1 aliphatic rings. The quantitative estimate of drug-likeness (QED) is 0.705. The molecule has 2 aromatic rings. The van der Waals surface area contributed by atoms with E-state index in [-0.39, 0.29) is 23.0 Å². The van der Waals surface area contributed by atoms with Gasteiger partial charge in [-0.05, 0) is 55.7 Å². The second-order valence-electron chi connectivity index (χ2n) is 7.18. The van der Waals surface area contributed by atoms with Crippen LogP contribution in [-0.4, -0.2) is 44.1 Å². The number of nitriles is 1. The van der Waals surface area contributed by atoms with Crippen molar-refractivity contribution in [3.63, 3.8) is 0 Å². The molecule has 6 nitrogen and oxygen atoms in total. The van der Waals surface area contributed by atoms with Gasteiger partial charge in [-0.1, -0.05) is 18.2 Å². The Kier molecular flexibility index (Phi) is 6.89. The molecule has 0 radical (unpaired) electrons. The molecule has 1 amide bonds. The summed E-state index contributed by atoms with van der Waals surface area (Å²) in [5, 5.41) is 12.1. The van der Waals surface area contributed by atoms with E-state index < -0.39 is 9.84 Å². The third-order valence-electron chi connectivity index (χ3n) is 5.09. The fourth-order valence-electron chi connectivity index (χ4n) is 3.44. The lowest BCUT2D eigenvalue weighted by Gasteiger charge is -2.33. The largest absolute Gasteiger partial charge is 0.382 e. The highest BCUT2D eigenvalue weighted by Gasteiger charge is 2.24. The summed E-state index contributed by atoms with van der Waals surface area (Å²) in [7, 11) is -3.42. The molecule has 7 heteroatoms. The number of hydrogen-bond donors (Lipinski definition) is 1. The summed E-state index contributed by atoms with van der Waals surface area (Å²) in [6.45, 7) is 1.33. The molecule has 1 aliphatic heterocycles. The fraction of sp³-hybridized carbons (Fsp3) is 0.364. The first-order valence-electron chi connectivity index (χ1n) is 9.80. The van der Waals surface area contributed by atoms with Crippen molar-refractivity contribution in [2.75, 3.05) is 24.2 Å². The Bertz CT molecular complexity index is 959. The number of anilines is 1. The highest BCUT2D eigenvalue weighted by molar-refractivity contribution is 7.91. The second-order valence-corrected chi connectivity index (χ2v) is 9.29. The maximum absolute atomic E-state index is 12.8. The number of sulfone groups is 1. The molecule has 0 atom stereocenters. The molecule has 29 heavy (non-hydrogen) atoms. The Balaban J connectivity index is 1.55. The smallest absolute Gasteiger partial charge is 0.253 e. The number of amides is 1. The van der Waals surface area contributed by atoms with Crippen LogP contribution in [0.15, 0.2) is 59.5 Å². The van der Waals surface area contributed by atoms with Crippen molar-refractivity contribution in [1.82, 2.24) is 4.90 Å². The van der Waals surface area contributed by atoms with Crippen LogP contribution in [0.5, 0.6) is 0 Å². The third kappa shape index (κ3) is 5.58. The van der Waals surface area contributed by atoms with Crippen molar-refractivity contribution in [2.24, 2.45) is 0 Å². The lowest BCUT2D eigenvalue weighted by molar-refractivity contribution is 0.0718. The van der Waals surface area contributed by atoms with Gasteiger partial charge in [0.1, 0.15) is 0 Å². The van der Waals surface area contributed by atoms with Gasteiger partial charge >= 0.3 is 0 Å². The first kappa shape index (κ1) is 20.9. The molecule has 3 rings (SSSR count). The average molecular weight is 412 g/mol. The number of unbranched alkanes of at least 4 members (excludes halogenated alkanes) is 1. The van der Waals surface area contributed by atoms with Gasteiger partial charge in [0.05, 0.1) is 16.7 Å². The predicted octanol–water partition coefficient (Wildman–Crippen LogP) is 3.48. The van der Waals surface area contributed by atoms with Gasteiger partial charge in [-0.15, -0.1) is 0 Å². The van der Waals surface area contributed by atoms with Gasteiger partial charge in [0.2, 0.25) is 0 Å². The summed E-state index contributed by atoms with van der Waals surface area (Å²) >= 11 is 0. The van der Waals surface area contributed by atoms with Crippen LogP contribution in [0.25, 0.3) is 0 Å². The Morgan fingerprint density at radius 1 is 1.07 bits per heavy atom. The number of carbonyl (C=O) groups excluding carboxylic acids is 1. The molecule has 1 N–H and O–H groups in total. The molecule has 0 saturated carbocycles. The van der Waals surface area contributed by atoms with Crippen LogP contribution >= 0.6 is 0 Å². The minimum Gasteiger partial charge on any atom is -0.382 e. The van der Waals surface area contributed by atoms with Gasteiger partial charge in [-0.2, -0.15) is 5.26 Å². The third-order valence-corrected chi connectivity index (χ3v) is 6.91. The molecular weight excluding hydrogens is 386 g/mol. The first-order chi connectivity index (χ1) is 14.0. The summed E-state index contributed by atoms with van der Waals surface area (Å²) in [6, 6.07) is 18.4. The molecule has 1 heterocycles. The van der Waals surface area contributed by atoms with Crippen molar-refractivity contribution in [3.05, 3.63) is 60.2 Å². The maximum Gasteiger partial charge on any atom is 0.253 e. The second kappa shape index (κ2) is 9.57. The van der Waals surface area contributed by atoms with E-state index in [0.717, 1.165) is 18.5 Å². The van der Waals surface area contributed by atoms with E-state index in [1.54, 1.807) is 12.1 Å². The topological polar surface area (TPSA) is 90.3 Å². The minimum atomic E-state index is -3.42. The zero-order valence-electron chi connectivity index (χ0n) is 16.3. The predicted molar refractivity (Wildman–Crippen MR) is 112 cm³/mol. The summed E-state index contributed by atoms with van der Waals surface area (Å²) in [6.07, 6.45) is 2.26. The van der Waals surface area contributed by atoms with E-state index in [2.05, 4.69) is 5.32 Å². The molecule has 0 spiro atoms.